The molecule has 0 aliphatic rings. The molecule has 23 nitrogen and oxygen atoms in total. The number of rotatable bonds is 49. The summed E-state index contributed by atoms with van der Waals surface area (Å²) in [6.07, 6.45) is 19.0. The molecule has 1 aromatic heterocycles. The summed E-state index contributed by atoms with van der Waals surface area (Å²) in [5, 5.41) is 39.7. The third-order valence-electron chi connectivity index (χ3n) is 12.6. The van der Waals surface area contributed by atoms with Crippen LogP contribution in [0.5, 0.6) is 0 Å². The first-order valence-corrected chi connectivity index (χ1v) is 30.3. The highest BCUT2D eigenvalue weighted by Gasteiger charge is 2.21. The lowest BCUT2D eigenvalue weighted by Gasteiger charge is -2.13. The number of sulfonamides is 1. The Morgan fingerprint density at radius 1 is 0.600 bits per heavy atom. The number of carbonyl (C=O) groups excluding carboxylic acids is 7. The van der Waals surface area contributed by atoms with Crippen molar-refractivity contribution >= 4 is 62.9 Å². The van der Waals surface area contributed by atoms with E-state index in [0.717, 1.165) is 43.5 Å². The van der Waals surface area contributed by atoms with Crippen molar-refractivity contribution in [1.82, 2.24) is 41.3 Å². The molecule has 0 aliphatic carbocycles. The topological polar surface area (TPSA) is 349 Å². The zero-order chi connectivity index (χ0) is 59.2. The third-order valence-corrected chi connectivity index (χ3v) is 14.0. The minimum Gasteiger partial charge on any atom is -0.481 e. The van der Waals surface area contributed by atoms with E-state index in [1.807, 2.05) is 26.0 Å². The molecule has 0 aliphatic heterocycles. The van der Waals surface area contributed by atoms with Crippen LogP contribution in [0.3, 0.4) is 0 Å². The van der Waals surface area contributed by atoms with Crippen LogP contribution >= 0.6 is 0 Å². The van der Waals surface area contributed by atoms with Gasteiger partial charge in [-0.05, 0) is 58.3 Å². The molecule has 7 N–H and O–H groups in total. The van der Waals surface area contributed by atoms with Crippen LogP contribution in [-0.4, -0.2) is 143 Å². The van der Waals surface area contributed by atoms with E-state index in [1.54, 1.807) is 12.1 Å². The first-order chi connectivity index (χ1) is 38.3. The fourth-order valence-electron chi connectivity index (χ4n) is 7.98. The maximum absolute atomic E-state index is 12.1. The Balaban J connectivity index is 0.000000809. The van der Waals surface area contributed by atoms with Gasteiger partial charge in [0, 0.05) is 83.0 Å². The molecule has 0 bridgehead atoms. The number of Topliss-reactive ketones (excluding diaryl/α,β-unsaturated/α-hetero) is 3. The second-order valence-electron chi connectivity index (χ2n) is 20.1. The van der Waals surface area contributed by atoms with Gasteiger partial charge in [-0.3, -0.25) is 43.1 Å². The number of aliphatic carboxylic acids is 2. The molecule has 2 atom stereocenters. The van der Waals surface area contributed by atoms with E-state index in [-0.39, 0.29) is 125 Å². The monoisotopic (exact) mass is 1150 g/mol. The second kappa shape index (κ2) is 45.7. The first kappa shape index (κ1) is 72.0. The van der Waals surface area contributed by atoms with Crippen LogP contribution in [0.2, 0.25) is 0 Å². The van der Waals surface area contributed by atoms with E-state index in [0.29, 0.717) is 57.2 Å². The van der Waals surface area contributed by atoms with Crippen molar-refractivity contribution in [3.8, 4) is 0 Å². The zero-order valence-electron chi connectivity index (χ0n) is 47.7. The van der Waals surface area contributed by atoms with Crippen LogP contribution in [0, 0.1) is 12.8 Å². The molecule has 4 amide bonds. The van der Waals surface area contributed by atoms with Crippen molar-refractivity contribution in [2.45, 2.75) is 207 Å². The van der Waals surface area contributed by atoms with E-state index in [4.69, 9.17) is 14.6 Å². The van der Waals surface area contributed by atoms with Crippen molar-refractivity contribution in [2.75, 3.05) is 45.3 Å². The van der Waals surface area contributed by atoms with Gasteiger partial charge in [-0.25, -0.2) is 13.2 Å². The van der Waals surface area contributed by atoms with Gasteiger partial charge in [0.15, 0.2) is 11.6 Å². The molecular formula is C56H92N8O15S. The van der Waals surface area contributed by atoms with Gasteiger partial charge in [0.1, 0.15) is 24.2 Å². The molecule has 0 fully saturated rings. The number of carbonyl (C=O) groups is 9. The molecule has 0 radical (unpaired) electrons. The number of aryl methyl sites for hydroxylation is 2. The highest BCUT2D eigenvalue weighted by molar-refractivity contribution is 7.90. The molecule has 452 valence electrons. The molecule has 0 saturated carbocycles. The zero-order valence-corrected chi connectivity index (χ0v) is 48.5. The number of ketones is 3. The Morgan fingerprint density at radius 3 is 1.77 bits per heavy atom. The average Bonchev–Trinajstić information content (AvgIpc) is 3.93. The van der Waals surface area contributed by atoms with Gasteiger partial charge >= 0.3 is 11.9 Å². The fraction of sp³-hybridized carbons (Fsp3) is 0.714. The molecule has 0 spiro atoms. The maximum Gasteiger partial charge on any atom is 0.326 e. The lowest BCUT2D eigenvalue weighted by atomic mass is 10.0. The van der Waals surface area contributed by atoms with E-state index in [1.165, 1.54) is 58.3 Å². The molecule has 2 rings (SSSR count). The number of aromatic amines is 1. The van der Waals surface area contributed by atoms with Gasteiger partial charge in [0.25, 0.3) is 0 Å². The number of carboxylic acid groups (broad SMARTS) is 2. The molecule has 0 saturated heterocycles. The lowest BCUT2D eigenvalue weighted by Crippen LogP contribution is -2.40. The van der Waals surface area contributed by atoms with Crippen LogP contribution in [-0.2, 0) is 64.3 Å². The Labute approximate surface area is 472 Å². The summed E-state index contributed by atoms with van der Waals surface area (Å²) in [5.74, 6) is -4.10. The Hall–Kier alpha value is -6.01. The average molecular weight is 1150 g/mol. The number of aromatic nitrogens is 4. The summed E-state index contributed by atoms with van der Waals surface area (Å²) in [6, 6.07) is 6.34. The predicted octanol–water partition coefficient (Wildman–Crippen LogP) is 6.61. The van der Waals surface area contributed by atoms with Crippen molar-refractivity contribution in [1.29, 1.82) is 0 Å². The van der Waals surface area contributed by atoms with Crippen LogP contribution in [0.1, 0.15) is 209 Å². The normalized spacial score (nSPS) is 11.8. The van der Waals surface area contributed by atoms with Gasteiger partial charge < -0.3 is 35.6 Å². The van der Waals surface area contributed by atoms with E-state index in [9.17, 15) is 56.7 Å². The van der Waals surface area contributed by atoms with E-state index in [2.05, 4.69) is 41.3 Å². The summed E-state index contributed by atoms with van der Waals surface area (Å²) >= 11 is 0. The summed E-state index contributed by atoms with van der Waals surface area (Å²) in [4.78, 5) is 105. The quantitative estimate of drug-likeness (QED) is 0.0270. The Kier molecular flexibility index (Phi) is 41.1. The lowest BCUT2D eigenvalue weighted by molar-refractivity contribution is -0.143. The summed E-state index contributed by atoms with van der Waals surface area (Å²) in [7, 11) is -3.79. The molecule has 24 heteroatoms. The van der Waals surface area contributed by atoms with Gasteiger partial charge in [-0.1, -0.05) is 120 Å². The molecule has 80 heavy (non-hydrogen) atoms. The summed E-state index contributed by atoms with van der Waals surface area (Å²) in [5.41, 5.74) is 1.77. The van der Waals surface area contributed by atoms with Crippen LogP contribution in [0.15, 0.2) is 24.3 Å². The minimum absolute atomic E-state index is 0.0113. The number of nitrogens with one attached hydrogen (secondary N) is 5. The van der Waals surface area contributed by atoms with Crippen LogP contribution < -0.4 is 20.7 Å². The number of unbranched alkanes of at least 4 members (excludes halogenated alkanes) is 12. The highest BCUT2D eigenvalue weighted by Crippen LogP contribution is 2.14. The van der Waals surface area contributed by atoms with E-state index >= 15 is 0 Å². The Morgan fingerprint density at radius 2 is 1.18 bits per heavy atom. The molecule has 1 heterocycles. The number of hydrogen-bond donors (Lipinski definition) is 7. The number of benzene rings is 1. The van der Waals surface area contributed by atoms with Crippen molar-refractivity contribution < 1.29 is 71.3 Å². The SMILES string of the molecule is CC(CC(=O)CCCNC(=O)CCCS(=O)(=O)NC(=O)CCCCCCCCCCCCCCCc1nn[nH]n1)C(=O)O.CCCC(=O)NC(CCC(=O)CCCOCCOCC(=O)NCCCC(=O)c1ccc(C)cc1)C(=O)O. The molecular weight excluding hydrogens is 1060 g/mol. The largest absolute Gasteiger partial charge is 0.481 e. The predicted molar refractivity (Wildman–Crippen MR) is 300 cm³/mol. The smallest absolute Gasteiger partial charge is 0.326 e. The standard InChI is InChI=1S/C29H52N6O7S.C27H40N2O8/c1-24(29(39)40)23-25(36)17-15-21-30-27(37)20-16-22-43(41,42)33-28(38)19-14-12-10-8-6-4-2-3-5-7-9-11-13-18-26-31-34-35-32-26;1-3-6-25(32)29-23(27(34)35)14-13-22(30)7-5-16-36-17-18-37-19-26(33)28-15-4-8-24(31)21-11-9-20(2)10-12-21/h24H,2-23H2,1H3,(H,30,37)(H,33,38)(H,39,40)(H,31,32,34,35);9-12,23H,3-8,13-19H2,1-2H3,(H,28,33)(H,29,32)(H,34,35). The number of nitrogens with zero attached hydrogens (tertiary/aromatic N) is 3. The molecule has 2 unspecified atom stereocenters. The van der Waals surface area contributed by atoms with Gasteiger partial charge in [0.05, 0.1) is 24.9 Å². The summed E-state index contributed by atoms with van der Waals surface area (Å²) in [6.45, 7) is 6.64. The van der Waals surface area contributed by atoms with Crippen molar-refractivity contribution in [3.63, 3.8) is 0 Å². The Bertz CT molecular complexity index is 2210. The van der Waals surface area contributed by atoms with Gasteiger partial charge in [0.2, 0.25) is 33.7 Å². The number of H-pyrrole nitrogens is 1. The first-order valence-electron chi connectivity index (χ1n) is 28.6. The maximum atomic E-state index is 12.1. The van der Waals surface area contributed by atoms with Gasteiger partial charge in [-0.15, -0.1) is 10.2 Å². The number of tetrazole rings is 1. The minimum atomic E-state index is -3.79. The van der Waals surface area contributed by atoms with Crippen LogP contribution in [0.25, 0.3) is 0 Å². The number of hydrogen-bond acceptors (Lipinski definition) is 16. The third kappa shape index (κ3) is 41.1. The van der Waals surface area contributed by atoms with Crippen molar-refractivity contribution in [2.24, 2.45) is 5.92 Å². The number of carboxylic acids is 2. The fourth-order valence-corrected chi connectivity index (χ4v) is 9.06. The number of ether oxygens (including phenoxy) is 2. The number of amides is 4. The highest BCUT2D eigenvalue weighted by atomic mass is 32.2. The summed E-state index contributed by atoms with van der Waals surface area (Å²) < 4.78 is 37.0. The molecule has 2 aromatic rings. The van der Waals surface area contributed by atoms with Crippen LogP contribution in [0.4, 0.5) is 0 Å². The van der Waals surface area contributed by atoms with Crippen molar-refractivity contribution in [3.05, 3.63) is 41.2 Å². The molecule has 1 aromatic carbocycles. The second-order valence-corrected chi connectivity index (χ2v) is 21.9. The van der Waals surface area contributed by atoms with E-state index < -0.39 is 39.8 Å². The van der Waals surface area contributed by atoms with Gasteiger partial charge in [-0.2, -0.15) is 5.21 Å².